The number of anilines is 1. The van der Waals surface area contributed by atoms with Crippen LogP contribution in [-0.4, -0.2) is 24.4 Å². The fourth-order valence-electron chi connectivity index (χ4n) is 2.53. The second kappa shape index (κ2) is 5.16. The molecule has 1 aromatic rings. The molecule has 0 N–H and O–H groups in total. The van der Waals surface area contributed by atoms with E-state index in [0.717, 1.165) is 37.2 Å². The summed E-state index contributed by atoms with van der Waals surface area (Å²) in [5.74, 6) is 0.995. The van der Waals surface area contributed by atoms with Gasteiger partial charge in [0, 0.05) is 24.8 Å². The molecular weight excluding hydrogens is 236 g/mol. The molecule has 0 fully saturated rings. The Labute approximate surface area is 115 Å². The number of aldehydes is 1. The van der Waals surface area contributed by atoms with Gasteiger partial charge in [0.25, 0.3) is 0 Å². The maximum Gasteiger partial charge on any atom is 0.151 e. The lowest BCUT2D eigenvalue weighted by atomic mass is 9.83. The molecule has 1 aliphatic heterocycles. The maximum absolute atomic E-state index is 10.7. The summed E-state index contributed by atoms with van der Waals surface area (Å²) >= 11 is 0. The normalized spacial score (nSPS) is 16.2. The van der Waals surface area contributed by atoms with Gasteiger partial charge in [-0.3, -0.25) is 4.79 Å². The zero-order valence-electron chi connectivity index (χ0n) is 12.2. The van der Waals surface area contributed by atoms with Gasteiger partial charge in [-0.15, -0.1) is 0 Å². The fraction of sp³-hybridized carbons (Fsp3) is 0.500. The van der Waals surface area contributed by atoms with E-state index >= 15 is 0 Å². The smallest absolute Gasteiger partial charge is 0.151 e. The Morgan fingerprint density at radius 2 is 2.11 bits per heavy atom. The van der Waals surface area contributed by atoms with Crippen LogP contribution < -0.4 is 4.90 Å². The Bertz CT molecular complexity index is 512. The molecule has 0 spiro atoms. The number of rotatable bonds is 2. The SMILES string of the molecule is Cc1cc(C=O)cnc1N1CC=C(C(C)(C)C)CC1. The largest absolute Gasteiger partial charge is 0.352 e. The summed E-state index contributed by atoms with van der Waals surface area (Å²) in [7, 11) is 0. The molecule has 3 heteroatoms. The molecule has 0 unspecified atom stereocenters. The Morgan fingerprint density at radius 1 is 1.37 bits per heavy atom. The Morgan fingerprint density at radius 3 is 2.58 bits per heavy atom. The van der Waals surface area contributed by atoms with Crippen molar-refractivity contribution in [1.29, 1.82) is 0 Å². The van der Waals surface area contributed by atoms with Crippen LogP contribution in [0.25, 0.3) is 0 Å². The summed E-state index contributed by atoms with van der Waals surface area (Å²) in [5, 5.41) is 0. The molecule has 0 amide bonds. The van der Waals surface area contributed by atoms with Crippen LogP contribution in [0.15, 0.2) is 23.9 Å². The molecule has 0 atom stereocenters. The van der Waals surface area contributed by atoms with E-state index in [1.165, 1.54) is 5.57 Å². The highest BCUT2D eigenvalue weighted by atomic mass is 16.1. The number of hydrogen-bond donors (Lipinski definition) is 0. The first-order valence-corrected chi connectivity index (χ1v) is 6.78. The molecule has 1 aliphatic rings. The van der Waals surface area contributed by atoms with Gasteiger partial charge in [-0.2, -0.15) is 0 Å². The van der Waals surface area contributed by atoms with Gasteiger partial charge in [0.2, 0.25) is 0 Å². The van der Waals surface area contributed by atoms with Crippen molar-refractivity contribution in [2.24, 2.45) is 5.41 Å². The van der Waals surface area contributed by atoms with Gasteiger partial charge in [0.05, 0.1) is 0 Å². The monoisotopic (exact) mass is 258 g/mol. The Kier molecular flexibility index (Phi) is 3.74. The summed E-state index contributed by atoms with van der Waals surface area (Å²) in [6.45, 7) is 10.7. The molecule has 0 aromatic carbocycles. The topological polar surface area (TPSA) is 33.2 Å². The zero-order valence-corrected chi connectivity index (χ0v) is 12.2. The highest BCUT2D eigenvalue weighted by Gasteiger charge is 2.22. The second-order valence-corrected chi connectivity index (χ2v) is 6.20. The second-order valence-electron chi connectivity index (χ2n) is 6.20. The van der Waals surface area contributed by atoms with Gasteiger partial charge in [-0.05, 0) is 30.4 Å². The molecule has 102 valence electrons. The van der Waals surface area contributed by atoms with E-state index < -0.39 is 0 Å². The lowest BCUT2D eigenvalue weighted by Crippen LogP contribution is -2.32. The molecule has 1 aromatic heterocycles. The van der Waals surface area contributed by atoms with Crippen LogP contribution in [0.5, 0.6) is 0 Å². The van der Waals surface area contributed by atoms with Crippen LogP contribution in [0.3, 0.4) is 0 Å². The molecule has 2 rings (SSSR count). The predicted octanol–water partition coefficient (Wildman–Crippen LogP) is 3.39. The van der Waals surface area contributed by atoms with Crippen molar-refractivity contribution in [2.75, 3.05) is 18.0 Å². The first kappa shape index (κ1) is 13.8. The molecule has 19 heavy (non-hydrogen) atoms. The fourth-order valence-corrected chi connectivity index (χ4v) is 2.53. The van der Waals surface area contributed by atoms with Crippen molar-refractivity contribution in [3.05, 3.63) is 35.0 Å². The average Bonchev–Trinajstić information content (AvgIpc) is 2.37. The molecule has 0 radical (unpaired) electrons. The van der Waals surface area contributed by atoms with E-state index in [0.29, 0.717) is 5.56 Å². The van der Waals surface area contributed by atoms with Crippen molar-refractivity contribution >= 4 is 12.1 Å². The highest BCUT2D eigenvalue weighted by Crippen LogP contribution is 2.31. The molecular formula is C16H22N2O. The van der Waals surface area contributed by atoms with Crippen LogP contribution in [0.2, 0.25) is 0 Å². The van der Waals surface area contributed by atoms with Crippen LogP contribution in [-0.2, 0) is 0 Å². The Balaban J connectivity index is 2.18. The quantitative estimate of drug-likeness (QED) is 0.602. The first-order chi connectivity index (χ1) is 8.91. The Hall–Kier alpha value is -1.64. The average molecular weight is 258 g/mol. The van der Waals surface area contributed by atoms with Gasteiger partial charge in [0.1, 0.15) is 5.82 Å². The molecule has 2 heterocycles. The van der Waals surface area contributed by atoms with Crippen molar-refractivity contribution in [3.63, 3.8) is 0 Å². The maximum atomic E-state index is 10.7. The van der Waals surface area contributed by atoms with E-state index in [2.05, 4.69) is 36.7 Å². The minimum Gasteiger partial charge on any atom is -0.352 e. The van der Waals surface area contributed by atoms with Gasteiger partial charge >= 0.3 is 0 Å². The predicted molar refractivity (Wildman–Crippen MR) is 78.7 cm³/mol. The number of carbonyl (C=O) groups excluding carboxylic acids is 1. The number of hydrogen-bond acceptors (Lipinski definition) is 3. The van der Waals surface area contributed by atoms with E-state index in [4.69, 9.17) is 0 Å². The summed E-state index contributed by atoms with van der Waals surface area (Å²) in [5.41, 5.74) is 3.49. The van der Waals surface area contributed by atoms with Crippen LogP contribution in [0, 0.1) is 12.3 Å². The number of aryl methyl sites for hydroxylation is 1. The van der Waals surface area contributed by atoms with Gasteiger partial charge < -0.3 is 4.90 Å². The van der Waals surface area contributed by atoms with Crippen molar-refractivity contribution < 1.29 is 4.79 Å². The summed E-state index contributed by atoms with van der Waals surface area (Å²) in [6, 6.07) is 1.90. The molecule has 0 bridgehead atoms. The number of aromatic nitrogens is 1. The third kappa shape index (κ3) is 3.03. The van der Waals surface area contributed by atoms with Crippen molar-refractivity contribution in [2.45, 2.75) is 34.1 Å². The van der Waals surface area contributed by atoms with E-state index in [9.17, 15) is 4.79 Å². The minimum atomic E-state index is 0.260. The molecule has 0 saturated carbocycles. The lowest BCUT2D eigenvalue weighted by Gasteiger charge is -2.33. The van der Waals surface area contributed by atoms with Gasteiger partial charge in [0.15, 0.2) is 6.29 Å². The van der Waals surface area contributed by atoms with Crippen LogP contribution >= 0.6 is 0 Å². The van der Waals surface area contributed by atoms with E-state index in [1.54, 1.807) is 6.20 Å². The summed E-state index contributed by atoms with van der Waals surface area (Å²) < 4.78 is 0. The van der Waals surface area contributed by atoms with Crippen LogP contribution in [0.1, 0.15) is 43.1 Å². The van der Waals surface area contributed by atoms with Crippen molar-refractivity contribution in [3.8, 4) is 0 Å². The molecule has 3 nitrogen and oxygen atoms in total. The number of pyridine rings is 1. The van der Waals surface area contributed by atoms with E-state index in [1.807, 2.05) is 13.0 Å². The third-order valence-electron chi connectivity index (χ3n) is 3.68. The van der Waals surface area contributed by atoms with Gasteiger partial charge in [-0.1, -0.05) is 32.4 Å². The highest BCUT2D eigenvalue weighted by molar-refractivity contribution is 5.75. The van der Waals surface area contributed by atoms with Crippen LogP contribution in [0.4, 0.5) is 5.82 Å². The lowest BCUT2D eigenvalue weighted by molar-refractivity contribution is 0.112. The van der Waals surface area contributed by atoms with Gasteiger partial charge in [-0.25, -0.2) is 4.98 Å². The first-order valence-electron chi connectivity index (χ1n) is 6.78. The summed E-state index contributed by atoms with van der Waals surface area (Å²) in [4.78, 5) is 17.4. The molecule has 0 aliphatic carbocycles. The standard InChI is InChI=1S/C16H22N2O/c1-12-9-13(11-19)10-17-15(12)18-7-5-14(6-8-18)16(2,3)4/h5,9-11H,6-8H2,1-4H3. The summed E-state index contributed by atoms with van der Waals surface area (Å²) in [6.07, 6.45) is 5.90. The molecule has 0 saturated heterocycles. The number of nitrogens with zero attached hydrogens (tertiary/aromatic N) is 2. The van der Waals surface area contributed by atoms with E-state index in [-0.39, 0.29) is 5.41 Å². The third-order valence-corrected chi connectivity index (χ3v) is 3.68. The number of carbonyl (C=O) groups is 1. The minimum absolute atomic E-state index is 0.260. The van der Waals surface area contributed by atoms with Crippen molar-refractivity contribution in [1.82, 2.24) is 4.98 Å². The zero-order chi connectivity index (χ0) is 14.0.